The predicted octanol–water partition coefficient (Wildman–Crippen LogP) is 5.03. The van der Waals surface area contributed by atoms with Gasteiger partial charge >= 0.3 is 5.97 Å². The van der Waals surface area contributed by atoms with Crippen molar-refractivity contribution in [2.75, 3.05) is 7.11 Å². The highest BCUT2D eigenvalue weighted by atomic mass is 32.2. The third-order valence-corrected chi connectivity index (χ3v) is 7.84. The molecular formula is C26H24FNO5S. The number of nitrogens with zero attached hydrogens (tertiary/aromatic N) is 1. The van der Waals surface area contributed by atoms with Crippen LogP contribution in [0, 0.1) is 12.7 Å². The fraction of sp³-hybridized carbons (Fsp3) is 0.192. The van der Waals surface area contributed by atoms with E-state index in [1.54, 1.807) is 42.5 Å². The van der Waals surface area contributed by atoms with E-state index in [0.29, 0.717) is 16.9 Å². The van der Waals surface area contributed by atoms with Crippen molar-refractivity contribution in [2.24, 2.45) is 0 Å². The zero-order valence-corrected chi connectivity index (χ0v) is 19.5. The lowest BCUT2D eigenvalue weighted by molar-refractivity contribution is -0.133. The molecular weight excluding hydrogens is 457 g/mol. The van der Waals surface area contributed by atoms with Crippen LogP contribution in [0.4, 0.5) is 4.39 Å². The summed E-state index contributed by atoms with van der Waals surface area (Å²) < 4.78 is 48.2. The quantitative estimate of drug-likeness (QED) is 0.534. The molecule has 1 heterocycles. The maximum absolute atomic E-state index is 14.0. The lowest BCUT2D eigenvalue weighted by Gasteiger charge is -2.40. The van der Waals surface area contributed by atoms with Crippen molar-refractivity contribution < 1.29 is 27.4 Å². The van der Waals surface area contributed by atoms with E-state index in [1.165, 1.54) is 47.8 Å². The number of carbonyl (C=O) groups is 1. The van der Waals surface area contributed by atoms with Crippen molar-refractivity contribution >= 4 is 16.0 Å². The van der Waals surface area contributed by atoms with Gasteiger partial charge < -0.3 is 9.84 Å². The van der Waals surface area contributed by atoms with Gasteiger partial charge in [-0.05, 0) is 60.9 Å². The van der Waals surface area contributed by atoms with Gasteiger partial charge in [0.15, 0.2) is 0 Å². The molecule has 2 atom stereocenters. The summed E-state index contributed by atoms with van der Waals surface area (Å²) in [7, 11) is -2.62. The molecule has 6 nitrogen and oxygen atoms in total. The molecule has 3 aromatic rings. The number of rotatable bonds is 6. The second-order valence-electron chi connectivity index (χ2n) is 8.09. The Kier molecular flexibility index (Phi) is 6.54. The molecule has 0 radical (unpaired) electrons. The van der Waals surface area contributed by atoms with E-state index in [1.807, 2.05) is 6.92 Å². The van der Waals surface area contributed by atoms with Gasteiger partial charge in [-0.2, -0.15) is 4.31 Å². The Labute approximate surface area is 198 Å². The molecule has 8 heteroatoms. The molecule has 0 saturated carbocycles. The highest BCUT2D eigenvalue weighted by Crippen LogP contribution is 2.45. The molecule has 0 unspecified atom stereocenters. The van der Waals surface area contributed by atoms with E-state index >= 15 is 0 Å². The fourth-order valence-corrected chi connectivity index (χ4v) is 5.97. The maximum atomic E-state index is 14.0. The minimum absolute atomic E-state index is 0.0513. The van der Waals surface area contributed by atoms with E-state index in [-0.39, 0.29) is 16.9 Å². The number of aryl methyl sites for hydroxylation is 1. The number of methoxy groups -OCH3 is 1. The monoisotopic (exact) mass is 481 g/mol. The molecule has 1 aliphatic heterocycles. The lowest BCUT2D eigenvalue weighted by Crippen LogP contribution is -2.42. The van der Waals surface area contributed by atoms with Gasteiger partial charge in [-0.3, -0.25) is 0 Å². The van der Waals surface area contributed by atoms with E-state index in [9.17, 15) is 22.7 Å². The molecule has 0 saturated heterocycles. The van der Waals surface area contributed by atoms with Crippen LogP contribution in [0.25, 0.3) is 0 Å². The lowest BCUT2D eigenvalue weighted by atomic mass is 9.89. The van der Waals surface area contributed by atoms with Crippen molar-refractivity contribution in [3.8, 4) is 5.75 Å². The zero-order valence-electron chi connectivity index (χ0n) is 18.7. The summed E-state index contributed by atoms with van der Waals surface area (Å²) in [6, 6.07) is 16.8. The third kappa shape index (κ3) is 4.47. The van der Waals surface area contributed by atoms with E-state index < -0.39 is 33.9 Å². The van der Waals surface area contributed by atoms with Crippen LogP contribution in [0.3, 0.4) is 0 Å². The normalized spacial score (nSPS) is 18.9. The minimum atomic E-state index is -4.16. The minimum Gasteiger partial charge on any atom is -0.497 e. The number of sulfonamides is 1. The molecule has 0 bridgehead atoms. The van der Waals surface area contributed by atoms with Gasteiger partial charge in [0.05, 0.1) is 29.7 Å². The number of carboxylic acid groups (broad SMARTS) is 1. The Balaban J connectivity index is 1.94. The largest absolute Gasteiger partial charge is 0.497 e. The summed E-state index contributed by atoms with van der Waals surface area (Å²) >= 11 is 0. The molecule has 0 fully saturated rings. The first-order valence-electron chi connectivity index (χ1n) is 10.7. The SMILES string of the molecule is COc1ccc([C@@H]2CC=C(C(=O)O)[C@H](c3ccc(F)cc3)N2S(=O)(=O)c2ccc(C)cc2)cc1. The summed E-state index contributed by atoms with van der Waals surface area (Å²) in [5.74, 6) is -1.11. The van der Waals surface area contributed by atoms with Gasteiger partial charge in [-0.1, -0.05) is 48.0 Å². The van der Waals surface area contributed by atoms with E-state index in [4.69, 9.17) is 4.74 Å². The highest BCUT2D eigenvalue weighted by Gasteiger charge is 2.44. The zero-order chi connectivity index (χ0) is 24.5. The molecule has 1 N–H and O–H groups in total. The fourth-order valence-electron chi connectivity index (χ4n) is 4.19. The van der Waals surface area contributed by atoms with Gasteiger partial charge in [0.1, 0.15) is 11.6 Å². The Bertz CT molecular complexity index is 1320. The number of ether oxygens (including phenoxy) is 1. The predicted molar refractivity (Wildman–Crippen MR) is 125 cm³/mol. The second kappa shape index (κ2) is 9.40. The van der Waals surface area contributed by atoms with Gasteiger partial charge in [0.2, 0.25) is 10.0 Å². The van der Waals surface area contributed by atoms with E-state index in [2.05, 4.69) is 0 Å². The smallest absolute Gasteiger partial charge is 0.333 e. The first kappa shape index (κ1) is 23.7. The molecule has 34 heavy (non-hydrogen) atoms. The summed E-state index contributed by atoms with van der Waals surface area (Å²) in [6.45, 7) is 1.85. The molecule has 4 rings (SSSR count). The average Bonchev–Trinajstić information content (AvgIpc) is 2.84. The van der Waals surface area contributed by atoms with Crippen LogP contribution in [-0.4, -0.2) is 30.9 Å². The van der Waals surface area contributed by atoms with Crippen LogP contribution in [0.15, 0.2) is 89.3 Å². The number of halogens is 1. The summed E-state index contributed by atoms with van der Waals surface area (Å²) in [4.78, 5) is 12.3. The number of benzene rings is 3. The van der Waals surface area contributed by atoms with E-state index in [0.717, 1.165) is 5.56 Å². The molecule has 0 aromatic heterocycles. The Morgan fingerprint density at radius 2 is 1.56 bits per heavy atom. The van der Waals surface area contributed by atoms with Gasteiger partial charge in [0.25, 0.3) is 0 Å². The van der Waals surface area contributed by atoms with Crippen molar-refractivity contribution in [3.05, 3.63) is 107 Å². The molecule has 176 valence electrons. The Morgan fingerprint density at radius 3 is 2.12 bits per heavy atom. The first-order chi connectivity index (χ1) is 16.2. The summed E-state index contributed by atoms with van der Waals surface area (Å²) in [6.07, 6.45) is 1.71. The average molecular weight is 482 g/mol. The number of hydrogen-bond acceptors (Lipinski definition) is 4. The molecule has 1 aliphatic rings. The molecule has 0 amide bonds. The van der Waals surface area contributed by atoms with Crippen LogP contribution >= 0.6 is 0 Å². The number of carboxylic acids is 1. The van der Waals surface area contributed by atoms with Gasteiger partial charge in [0, 0.05) is 0 Å². The third-order valence-electron chi connectivity index (χ3n) is 5.95. The first-order valence-corrected chi connectivity index (χ1v) is 12.1. The van der Waals surface area contributed by atoms with Crippen LogP contribution in [0.1, 0.15) is 35.2 Å². The van der Waals surface area contributed by atoms with Gasteiger partial charge in [-0.15, -0.1) is 0 Å². The summed E-state index contributed by atoms with van der Waals surface area (Å²) in [5.41, 5.74) is 1.87. The second-order valence-corrected chi connectivity index (χ2v) is 9.93. The van der Waals surface area contributed by atoms with Crippen LogP contribution < -0.4 is 4.74 Å². The van der Waals surface area contributed by atoms with Crippen LogP contribution in [-0.2, 0) is 14.8 Å². The number of hydrogen-bond donors (Lipinski definition) is 1. The van der Waals surface area contributed by atoms with Crippen LogP contribution in [0.5, 0.6) is 5.75 Å². The standard InChI is InChI=1S/C26H24FNO5S/c1-17-3-13-22(14-4-17)34(31,32)28-24(18-7-11-21(33-2)12-8-18)16-15-23(26(29)30)25(28)19-5-9-20(27)10-6-19/h3-15,24-25H,16H2,1-2H3,(H,29,30)/t24-,25-/m0/s1. The topological polar surface area (TPSA) is 83.9 Å². The van der Waals surface area contributed by atoms with Crippen LogP contribution in [0.2, 0.25) is 0 Å². The van der Waals surface area contributed by atoms with Crippen molar-refractivity contribution in [1.29, 1.82) is 0 Å². The molecule has 3 aromatic carbocycles. The van der Waals surface area contributed by atoms with Crippen molar-refractivity contribution in [2.45, 2.75) is 30.3 Å². The van der Waals surface area contributed by atoms with Crippen molar-refractivity contribution in [3.63, 3.8) is 0 Å². The maximum Gasteiger partial charge on any atom is 0.333 e. The molecule has 0 aliphatic carbocycles. The van der Waals surface area contributed by atoms with Gasteiger partial charge in [-0.25, -0.2) is 17.6 Å². The Morgan fingerprint density at radius 1 is 0.971 bits per heavy atom. The highest BCUT2D eigenvalue weighted by molar-refractivity contribution is 7.89. The number of aliphatic carboxylic acids is 1. The van der Waals surface area contributed by atoms with Crippen molar-refractivity contribution in [1.82, 2.24) is 4.31 Å². The molecule has 0 spiro atoms. The summed E-state index contributed by atoms with van der Waals surface area (Å²) in [5, 5.41) is 9.96. The Hall–Kier alpha value is -3.49.